The van der Waals surface area contributed by atoms with E-state index >= 15 is 0 Å². The third-order valence-electron chi connectivity index (χ3n) is 4.38. The van der Waals surface area contributed by atoms with E-state index in [0.29, 0.717) is 12.1 Å². The molecule has 0 saturated heterocycles. The first-order valence-corrected chi connectivity index (χ1v) is 8.16. The highest BCUT2D eigenvalue weighted by atomic mass is 16.5. The molecule has 1 saturated carbocycles. The Labute approximate surface area is 114 Å². The maximum Gasteiger partial charge on any atom is 0.0603 e. The van der Waals surface area contributed by atoms with Gasteiger partial charge in [-0.15, -0.1) is 0 Å². The Morgan fingerprint density at radius 2 is 1.94 bits per heavy atom. The monoisotopic (exact) mass is 255 g/mol. The van der Waals surface area contributed by atoms with Gasteiger partial charge in [0.25, 0.3) is 0 Å². The molecule has 0 bridgehead atoms. The molecule has 1 fully saturated rings. The largest absolute Gasteiger partial charge is 0.378 e. The molecule has 1 N–H and O–H groups in total. The number of nitrogens with one attached hydrogen (secondary N) is 1. The predicted molar refractivity (Wildman–Crippen MR) is 79.0 cm³/mol. The molecular formula is C16H33NO. The van der Waals surface area contributed by atoms with Crippen molar-refractivity contribution in [3.8, 4) is 0 Å². The molecule has 0 heterocycles. The van der Waals surface area contributed by atoms with Gasteiger partial charge in [-0.2, -0.15) is 0 Å². The molecule has 18 heavy (non-hydrogen) atoms. The molecule has 0 aromatic heterocycles. The molecular weight excluding hydrogens is 222 g/mol. The molecule has 1 aliphatic carbocycles. The molecule has 2 nitrogen and oxygen atoms in total. The van der Waals surface area contributed by atoms with Crippen LogP contribution >= 0.6 is 0 Å². The summed E-state index contributed by atoms with van der Waals surface area (Å²) in [7, 11) is 0. The minimum absolute atomic E-state index is 0.558. The quantitative estimate of drug-likeness (QED) is 0.625. The average Bonchev–Trinajstić information content (AvgIpc) is 2.42. The summed E-state index contributed by atoms with van der Waals surface area (Å²) in [4.78, 5) is 0. The summed E-state index contributed by atoms with van der Waals surface area (Å²) in [5.74, 6) is 0.828. The summed E-state index contributed by atoms with van der Waals surface area (Å²) in [5.41, 5.74) is 0. The van der Waals surface area contributed by atoms with Crippen LogP contribution in [0.15, 0.2) is 0 Å². The maximum atomic E-state index is 6.13. The van der Waals surface area contributed by atoms with Crippen LogP contribution in [0.25, 0.3) is 0 Å². The fourth-order valence-corrected chi connectivity index (χ4v) is 3.16. The number of hydrogen-bond donors (Lipinski definition) is 1. The summed E-state index contributed by atoms with van der Waals surface area (Å²) in [6.07, 6.45) is 11.0. The van der Waals surface area contributed by atoms with Gasteiger partial charge in [-0.1, -0.05) is 40.0 Å². The van der Waals surface area contributed by atoms with E-state index in [1.807, 2.05) is 0 Å². The van der Waals surface area contributed by atoms with Crippen LogP contribution in [0.5, 0.6) is 0 Å². The van der Waals surface area contributed by atoms with Crippen molar-refractivity contribution in [3.63, 3.8) is 0 Å². The van der Waals surface area contributed by atoms with Crippen LogP contribution < -0.4 is 5.32 Å². The van der Waals surface area contributed by atoms with Crippen LogP contribution in [0.2, 0.25) is 0 Å². The average molecular weight is 255 g/mol. The Bertz CT molecular complexity index is 196. The van der Waals surface area contributed by atoms with E-state index in [2.05, 4.69) is 26.1 Å². The molecule has 0 aromatic carbocycles. The van der Waals surface area contributed by atoms with Gasteiger partial charge in [0.15, 0.2) is 0 Å². The molecule has 0 amide bonds. The molecule has 3 atom stereocenters. The Kier molecular flexibility index (Phi) is 8.70. The molecule has 0 aromatic rings. The lowest BCUT2D eigenvalue weighted by Gasteiger charge is -2.31. The fraction of sp³-hybridized carbons (Fsp3) is 1.00. The van der Waals surface area contributed by atoms with Gasteiger partial charge in [0, 0.05) is 12.6 Å². The molecule has 1 aliphatic rings. The summed E-state index contributed by atoms with van der Waals surface area (Å²) in [5, 5.41) is 3.54. The standard InChI is InChI=1S/C16H33NO/c1-4-14-10-7-8-12-16(14)18-13-9-11-15(5-2)17-6-3/h14-17H,4-13H2,1-3H3. The van der Waals surface area contributed by atoms with Crippen molar-refractivity contribution < 1.29 is 4.74 Å². The van der Waals surface area contributed by atoms with Gasteiger partial charge in [-0.3, -0.25) is 0 Å². The lowest BCUT2D eigenvalue weighted by molar-refractivity contribution is -0.0140. The normalized spacial score (nSPS) is 26.2. The van der Waals surface area contributed by atoms with Gasteiger partial charge in [-0.25, -0.2) is 0 Å². The molecule has 3 unspecified atom stereocenters. The highest BCUT2D eigenvalue weighted by Gasteiger charge is 2.23. The van der Waals surface area contributed by atoms with Crippen molar-refractivity contribution in [2.24, 2.45) is 5.92 Å². The van der Waals surface area contributed by atoms with Crippen LogP contribution in [-0.2, 0) is 4.74 Å². The van der Waals surface area contributed by atoms with Crippen molar-refractivity contribution in [1.29, 1.82) is 0 Å². The first-order valence-electron chi connectivity index (χ1n) is 8.16. The van der Waals surface area contributed by atoms with E-state index in [9.17, 15) is 0 Å². The first kappa shape index (κ1) is 16.0. The van der Waals surface area contributed by atoms with Gasteiger partial charge < -0.3 is 10.1 Å². The summed E-state index contributed by atoms with van der Waals surface area (Å²) in [6, 6.07) is 0.687. The Hall–Kier alpha value is -0.0800. The number of ether oxygens (including phenoxy) is 1. The number of rotatable bonds is 9. The smallest absolute Gasteiger partial charge is 0.0603 e. The van der Waals surface area contributed by atoms with Gasteiger partial charge >= 0.3 is 0 Å². The van der Waals surface area contributed by atoms with E-state index in [1.165, 1.54) is 51.4 Å². The van der Waals surface area contributed by atoms with Crippen molar-refractivity contribution in [2.45, 2.75) is 84.3 Å². The van der Waals surface area contributed by atoms with Crippen molar-refractivity contribution in [3.05, 3.63) is 0 Å². The summed E-state index contributed by atoms with van der Waals surface area (Å²) >= 11 is 0. The van der Waals surface area contributed by atoms with Crippen LogP contribution in [0, 0.1) is 5.92 Å². The van der Waals surface area contributed by atoms with Crippen LogP contribution in [0.4, 0.5) is 0 Å². The Balaban J connectivity index is 2.12. The van der Waals surface area contributed by atoms with Crippen LogP contribution in [0.1, 0.15) is 72.1 Å². The molecule has 1 rings (SSSR count). The second-order valence-electron chi connectivity index (χ2n) is 5.67. The Morgan fingerprint density at radius 1 is 1.17 bits per heavy atom. The zero-order chi connectivity index (χ0) is 13.2. The maximum absolute atomic E-state index is 6.13. The molecule has 0 radical (unpaired) electrons. The third-order valence-corrected chi connectivity index (χ3v) is 4.38. The molecule has 2 heteroatoms. The second-order valence-corrected chi connectivity index (χ2v) is 5.67. The third kappa shape index (κ3) is 5.71. The van der Waals surface area contributed by atoms with E-state index in [4.69, 9.17) is 4.74 Å². The lowest BCUT2D eigenvalue weighted by atomic mass is 9.85. The van der Waals surface area contributed by atoms with Gasteiger partial charge in [0.1, 0.15) is 0 Å². The van der Waals surface area contributed by atoms with Gasteiger partial charge in [0.05, 0.1) is 6.10 Å². The zero-order valence-corrected chi connectivity index (χ0v) is 12.7. The highest BCUT2D eigenvalue weighted by molar-refractivity contribution is 4.75. The lowest BCUT2D eigenvalue weighted by Crippen LogP contribution is -2.30. The first-order chi connectivity index (χ1) is 8.81. The van der Waals surface area contributed by atoms with E-state index in [1.54, 1.807) is 0 Å². The summed E-state index contributed by atoms with van der Waals surface area (Å²) in [6.45, 7) is 8.81. The van der Waals surface area contributed by atoms with Crippen LogP contribution in [-0.4, -0.2) is 25.3 Å². The molecule has 0 spiro atoms. The van der Waals surface area contributed by atoms with Crippen molar-refractivity contribution in [1.82, 2.24) is 5.32 Å². The van der Waals surface area contributed by atoms with Gasteiger partial charge in [-0.05, 0) is 44.6 Å². The zero-order valence-electron chi connectivity index (χ0n) is 12.7. The predicted octanol–water partition coefficient (Wildman–Crippen LogP) is 4.14. The number of hydrogen-bond acceptors (Lipinski definition) is 2. The van der Waals surface area contributed by atoms with E-state index in [0.717, 1.165) is 19.1 Å². The topological polar surface area (TPSA) is 21.3 Å². The SMILES string of the molecule is CCNC(CC)CCCOC1CCCCC1CC. The molecule has 108 valence electrons. The van der Waals surface area contributed by atoms with E-state index in [-0.39, 0.29) is 0 Å². The van der Waals surface area contributed by atoms with E-state index < -0.39 is 0 Å². The van der Waals surface area contributed by atoms with Crippen molar-refractivity contribution in [2.75, 3.05) is 13.2 Å². The molecule has 0 aliphatic heterocycles. The minimum Gasteiger partial charge on any atom is -0.378 e. The van der Waals surface area contributed by atoms with Gasteiger partial charge in [0.2, 0.25) is 0 Å². The highest BCUT2D eigenvalue weighted by Crippen LogP contribution is 2.29. The second kappa shape index (κ2) is 9.80. The fourth-order valence-electron chi connectivity index (χ4n) is 3.16. The van der Waals surface area contributed by atoms with Crippen molar-refractivity contribution >= 4 is 0 Å². The summed E-state index contributed by atoms with van der Waals surface area (Å²) < 4.78 is 6.13. The van der Waals surface area contributed by atoms with Crippen LogP contribution in [0.3, 0.4) is 0 Å². The Morgan fingerprint density at radius 3 is 2.61 bits per heavy atom. The minimum atomic E-state index is 0.558.